The predicted octanol–water partition coefficient (Wildman–Crippen LogP) is -5.58. The number of carbonyl (C=O) groups excluding carboxylic acids is 8. The average Bonchev–Trinajstić information content (AvgIpc) is 3.11. The number of nitrogens with two attached hydrogens (primary N) is 4. The van der Waals surface area contributed by atoms with Crippen LogP contribution in [0.25, 0.3) is 0 Å². The molecular formula is C31H57N13O8S. The van der Waals surface area contributed by atoms with E-state index in [1.54, 1.807) is 0 Å². The molecule has 0 unspecified atom stereocenters. The highest BCUT2D eigenvalue weighted by atomic mass is 32.1. The van der Waals surface area contributed by atoms with E-state index in [9.17, 15) is 38.4 Å². The molecule has 1 heterocycles. The Hall–Kier alpha value is -4.70. The zero-order valence-electron chi connectivity index (χ0n) is 30.3. The van der Waals surface area contributed by atoms with Crippen LogP contribution >= 0.6 is 12.6 Å². The third-order valence-corrected chi connectivity index (χ3v) is 8.31. The van der Waals surface area contributed by atoms with Crippen molar-refractivity contribution < 1.29 is 38.4 Å². The van der Waals surface area contributed by atoms with E-state index in [0.717, 1.165) is 0 Å². The number of thiol groups is 1. The highest BCUT2D eigenvalue weighted by Gasteiger charge is 2.31. The second-order valence-corrected chi connectivity index (χ2v) is 12.8. The first-order valence-electron chi connectivity index (χ1n) is 17.5. The molecule has 0 aromatic heterocycles. The van der Waals surface area contributed by atoms with Crippen LogP contribution in [0.1, 0.15) is 65.2 Å². The van der Waals surface area contributed by atoms with Gasteiger partial charge in [0.25, 0.3) is 0 Å². The molecule has 22 heteroatoms. The van der Waals surface area contributed by atoms with Crippen LogP contribution in [0.4, 0.5) is 0 Å². The molecular weight excluding hydrogens is 714 g/mol. The monoisotopic (exact) mass is 771 g/mol. The number of unbranched alkanes of at least 4 members (excludes halogenated alkanes) is 2. The van der Waals surface area contributed by atoms with Crippen LogP contribution in [-0.2, 0) is 38.4 Å². The SMILES string of the molecule is C[C@@H]1NC(=O)[C@H](CS)NC(=O)CNC(=O)[C@H](C)NC(=O)[C@H](CCCCN)NC(=O)[C@H](CCCN=C(N)N)NC(=O)[C@H](CCCCN)NC(=O)CNC1=O. The predicted molar refractivity (Wildman–Crippen MR) is 199 cm³/mol. The Bertz CT molecular complexity index is 1300. The van der Waals surface area contributed by atoms with Gasteiger partial charge in [0.15, 0.2) is 5.96 Å². The van der Waals surface area contributed by atoms with Crippen LogP contribution < -0.4 is 65.5 Å². The minimum absolute atomic E-state index is 0.0313. The Morgan fingerprint density at radius 2 is 0.943 bits per heavy atom. The van der Waals surface area contributed by atoms with E-state index in [0.29, 0.717) is 38.8 Å². The molecule has 1 rings (SSSR count). The molecule has 16 N–H and O–H groups in total. The van der Waals surface area contributed by atoms with Crippen LogP contribution in [0, 0.1) is 0 Å². The van der Waals surface area contributed by atoms with Gasteiger partial charge in [0.1, 0.15) is 36.3 Å². The molecule has 53 heavy (non-hydrogen) atoms. The number of rotatable bonds is 13. The van der Waals surface area contributed by atoms with Gasteiger partial charge in [-0.1, -0.05) is 0 Å². The molecule has 300 valence electrons. The van der Waals surface area contributed by atoms with E-state index in [1.807, 2.05) is 0 Å². The van der Waals surface area contributed by atoms with Gasteiger partial charge in [0.2, 0.25) is 47.3 Å². The first kappa shape index (κ1) is 46.3. The van der Waals surface area contributed by atoms with Gasteiger partial charge in [-0.2, -0.15) is 12.6 Å². The molecule has 21 nitrogen and oxygen atoms in total. The Balaban J connectivity index is 3.47. The lowest BCUT2D eigenvalue weighted by Crippen LogP contribution is -2.59. The van der Waals surface area contributed by atoms with Gasteiger partial charge in [-0.25, -0.2) is 0 Å². The number of guanidine groups is 1. The van der Waals surface area contributed by atoms with E-state index >= 15 is 0 Å². The van der Waals surface area contributed by atoms with Gasteiger partial charge in [0.05, 0.1) is 13.1 Å². The number of hydrogen-bond donors (Lipinski definition) is 13. The van der Waals surface area contributed by atoms with Gasteiger partial charge in [0, 0.05) is 12.3 Å². The number of hydrogen-bond acceptors (Lipinski definition) is 12. The summed E-state index contributed by atoms with van der Waals surface area (Å²) >= 11 is 4.09. The van der Waals surface area contributed by atoms with Crippen molar-refractivity contribution in [1.29, 1.82) is 0 Å². The van der Waals surface area contributed by atoms with Gasteiger partial charge >= 0.3 is 0 Å². The summed E-state index contributed by atoms with van der Waals surface area (Å²) in [6, 6.07) is -7.02. The number of carbonyl (C=O) groups is 8. The summed E-state index contributed by atoms with van der Waals surface area (Å²) in [5.74, 6) is -6.20. The molecule has 1 saturated heterocycles. The van der Waals surface area contributed by atoms with Gasteiger partial charge in [-0.05, 0) is 78.3 Å². The lowest BCUT2D eigenvalue weighted by Gasteiger charge is -2.26. The standard InChI is InChI=1S/C31H57N13O8S/c1-17-25(47)38-15-24(46)42-22(16-53)30(52)40-18(2)26(48)37-14-23(45)41-19(8-3-5-11-32)28(50)44-21(10-7-13-36-31(34)35)29(51)43-20(27(49)39-17)9-4-6-12-33/h17-22,53H,3-16,32-33H2,1-2H3,(H,37,48)(H,38,47)(H,39,49)(H,40,52)(H,41,45)(H,42,46)(H,43,51)(H,44,50)(H4,34,35,36)/t17-,18-,19-,20-,21-,22-/m0/s1. The zero-order valence-corrected chi connectivity index (χ0v) is 31.2. The second kappa shape index (κ2) is 25.3. The summed E-state index contributed by atoms with van der Waals surface area (Å²) in [5.41, 5.74) is 22.1. The zero-order chi connectivity index (χ0) is 39.9. The summed E-state index contributed by atoms with van der Waals surface area (Å²) in [6.45, 7) is 2.37. The number of aliphatic imine (C=N–C) groups is 1. The Morgan fingerprint density at radius 3 is 1.36 bits per heavy atom. The van der Waals surface area contributed by atoms with Gasteiger partial charge < -0.3 is 65.5 Å². The van der Waals surface area contributed by atoms with Crippen molar-refractivity contribution in [3.63, 3.8) is 0 Å². The van der Waals surface area contributed by atoms with Crippen LogP contribution in [0.5, 0.6) is 0 Å². The summed E-state index contributed by atoms with van der Waals surface area (Å²) in [6.07, 6.45) is 2.46. The van der Waals surface area contributed by atoms with Crippen LogP contribution in [0.3, 0.4) is 0 Å². The van der Waals surface area contributed by atoms with E-state index in [1.165, 1.54) is 13.8 Å². The first-order chi connectivity index (χ1) is 25.1. The fourth-order valence-electron chi connectivity index (χ4n) is 4.93. The second-order valence-electron chi connectivity index (χ2n) is 12.5. The molecule has 1 fully saturated rings. The van der Waals surface area contributed by atoms with Crippen LogP contribution in [0.15, 0.2) is 4.99 Å². The van der Waals surface area contributed by atoms with Gasteiger partial charge in [-0.15, -0.1) is 0 Å². The first-order valence-corrected chi connectivity index (χ1v) is 18.2. The van der Waals surface area contributed by atoms with E-state index < -0.39 is 96.6 Å². The van der Waals surface area contributed by atoms with E-state index in [4.69, 9.17) is 22.9 Å². The molecule has 0 aromatic carbocycles. The molecule has 1 aliphatic heterocycles. The Labute approximate surface area is 314 Å². The molecule has 0 aliphatic carbocycles. The smallest absolute Gasteiger partial charge is 0.244 e. The summed E-state index contributed by atoms with van der Waals surface area (Å²) in [7, 11) is 0. The quantitative estimate of drug-likeness (QED) is 0.0361. The fraction of sp³-hybridized carbons (Fsp3) is 0.710. The maximum atomic E-state index is 13.7. The summed E-state index contributed by atoms with van der Waals surface area (Å²) in [4.78, 5) is 108. The van der Waals surface area contributed by atoms with Crippen molar-refractivity contribution in [3.8, 4) is 0 Å². The lowest BCUT2D eigenvalue weighted by molar-refractivity contribution is -0.135. The topological polar surface area (TPSA) is 349 Å². The van der Waals surface area contributed by atoms with Crippen molar-refractivity contribution in [3.05, 3.63) is 0 Å². The maximum absolute atomic E-state index is 13.7. The number of nitrogens with zero attached hydrogens (tertiary/aromatic N) is 1. The Morgan fingerprint density at radius 1 is 0.566 bits per heavy atom. The number of amides is 8. The van der Waals surface area contributed by atoms with Crippen molar-refractivity contribution in [2.75, 3.05) is 38.5 Å². The minimum atomic E-state index is -1.22. The summed E-state index contributed by atoms with van der Waals surface area (Å²) < 4.78 is 0. The molecule has 8 amide bonds. The number of nitrogens with one attached hydrogen (secondary N) is 8. The molecule has 0 bridgehead atoms. The highest BCUT2D eigenvalue weighted by Crippen LogP contribution is 2.08. The van der Waals surface area contributed by atoms with Crippen molar-refractivity contribution in [2.24, 2.45) is 27.9 Å². The highest BCUT2D eigenvalue weighted by molar-refractivity contribution is 7.80. The Kier molecular flexibility index (Phi) is 22.1. The van der Waals surface area contributed by atoms with Crippen molar-refractivity contribution >= 4 is 65.8 Å². The lowest BCUT2D eigenvalue weighted by atomic mass is 10.0. The largest absolute Gasteiger partial charge is 0.370 e. The maximum Gasteiger partial charge on any atom is 0.244 e. The van der Waals surface area contributed by atoms with Crippen LogP contribution in [-0.4, -0.2) is 128 Å². The molecule has 0 aromatic rings. The summed E-state index contributed by atoms with van der Waals surface area (Å²) in [5, 5.41) is 20.0. The molecule has 0 spiro atoms. The van der Waals surface area contributed by atoms with Crippen molar-refractivity contribution in [2.45, 2.75) is 101 Å². The third kappa shape index (κ3) is 18.6. The third-order valence-electron chi connectivity index (χ3n) is 7.94. The molecule has 0 radical (unpaired) electrons. The van der Waals surface area contributed by atoms with E-state index in [2.05, 4.69) is 60.2 Å². The average molecular weight is 772 g/mol. The van der Waals surface area contributed by atoms with Gasteiger partial charge in [-0.3, -0.25) is 43.3 Å². The fourth-order valence-corrected chi connectivity index (χ4v) is 5.18. The minimum Gasteiger partial charge on any atom is -0.370 e. The van der Waals surface area contributed by atoms with E-state index in [-0.39, 0.29) is 43.9 Å². The molecule has 6 atom stereocenters. The normalized spacial score (nSPS) is 24.8. The molecule has 1 aliphatic rings. The molecule has 0 saturated carbocycles. The van der Waals surface area contributed by atoms with Crippen molar-refractivity contribution in [1.82, 2.24) is 42.5 Å². The van der Waals surface area contributed by atoms with Crippen LogP contribution in [0.2, 0.25) is 0 Å².